The van der Waals surface area contributed by atoms with Crippen LogP contribution in [0, 0.1) is 12.7 Å². The van der Waals surface area contributed by atoms with Crippen LogP contribution in [0.3, 0.4) is 0 Å². The Morgan fingerprint density at radius 1 is 1.39 bits per heavy atom. The van der Waals surface area contributed by atoms with E-state index in [1.54, 1.807) is 24.5 Å². The van der Waals surface area contributed by atoms with Gasteiger partial charge in [0.2, 0.25) is 0 Å². The molecule has 0 aliphatic carbocycles. The molecule has 1 unspecified atom stereocenters. The molecule has 0 saturated heterocycles. The van der Waals surface area contributed by atoms with Crippen molar-refractivity contribution >= 4 is 11.3 Å². The fraction of sp³-hybridized carbons (Fsp3) is 0.231. The summed E-state index contributed by atoms with van der Waals surface area (Å²) in [5.41, 5.74) is 4.55. The van der Waals surface area contributed by atoms with Crippen molar-refractivity contribution in [2.45, 2.75) is 13.0 Å². The molecular weight excluding hydrogens is 251 g/mol. The second kappa shape index (κ2) is 5.48. The van der Waals surface area contributed by atoms with Gasteiger partial charge in [0.25, 0.3) is 0 Å². The standard InChI is InChI=1S/C13H15FN2OS/c1-8-5-6-18-13(8)12(16-15)10-7-9(14)3-4-11(10)17-2/h3-7,12,16H,15H2,1-2H3. The Morgan fingerprint density at radius 3 is 2.72 bits per heavy atom. The number of benzene rings is 1. The average molecular weight is 266 g/mol. The quantitative estimate of drug-likeness (QED) is 0.661. The summed E-state index contributed by atoms with van der Waals surface area (Å²) >= 11 is 1.58. The number of hydrogen-bond acceptors (Lipinski definition) is 4. The van der Waals surface area contributed by atoms with E-state index in [-0.39, 0.29) is 11.9 Å². The molecule has 3 nitrogen and oxygen atoms in total. The summed E-state index contributed by atoms with van der Waals surface area (Å²) in [5, 5.41) is 1.99. The average Bonchev–Trinajstić information content (AvgIpc) is 2.77. The van der Waals surface area contributed by atoms with Crippen molar-refractivity contribution in [3.8, 4) is 5.75 Å². The van der Waals surface area contributed by atoms with Gasteiger partial charge in [-0.3, -0.25) is 5.84 Å². The molecule has 18 heavy (non-hydrogen) atoms. The predicted octanol–water partition coefficient (Wildman–Crippen LogP) is 2.76. The molecule has 0 fully saturated rings. The molecule has 0 aliphatic rings. The summed E-state index contributed by atoms with van der Waals surface area (Å²) in [6, 6.07) is 6.17. The van der Waals surface area contributed by atoms with Crippen molar-refractivity contribution in [3.63, 3.8) is 0 Å². The van der Waals surface area contributed by atoms with E-state index in [0.29, 0.717) is 11.3 Å². The second-order valence-electron chi connectivity index (χ2n) is 3.95. The highest BCUT2D eigenvalue weighted by atomic mass is 32.1. The third kappa shape index (κ3) is 2.38. The highest BCUT2D eigenvalue weighted by Crippen LogP contribution is 2.34. The van der Waals surface area contributed by atoms with Crippen molar-refractivity contribution in [1.82, 2.24) is 5.43 Å². The fourth-order valence-electron chi connectivity index (χ4n) is 1.92. The molecule has 0 bridgehead atoms. The lowest BCUT2D eigenvalue weighted by Gasteiger charge is -2.19. The van der Waals surface area contributed by atoms with Crippen LogP contribution in [0.15, 0.2) is 29.6 Å². The van der Waals surface area contributed by atoms with Gasteiger partial charge in [-0.05, 0) is 42.1 Å². The Bertz CT molecular complexity index is 542. The molecule has 96 valence electrons. The lowest BCUT2D eigenvalue weighted by molar-refractivity contribution is 0.403. The Morgan fingerprint density at radius 2 is 2.17 bits per heavy atom. The van der Waals surface area contributed by atoms with Gasteiger partial charge in [0.15, 0.2) is 0 Å². The van der Waals surface area contributed by atoms with Crippen LogP contribution in [0.25, 0.3) is 0 Å². The van der Waals surface area contributed by atoms with Gasteiger partial charge < -0.3 is 4.74 Å². The van der Waals surface area contributed by atoms with Gasteiger partial charge in [0.05, 0.1) is 13.2 Å². The van der Waals surface area contributed by atoms with Crippen LogP contribution in [-0.4, -0.2) is 7.11 Å². The van der Waals surface area contributed by atoms with Gasteiger partial charge >= 0.3 is 0 Å². The Hall–Kier alpha value is -1.43. The summed E-state index contributed by atoms with van der Waals surface area (Å²) in [4.78, 5) is 1.06. The van der Waals surface area contributed by atoms with Crippen molar-refractivity contribution in [2.75, 3.05) is 7.11 Å². The first-order chi connectivity index (χ1) is 8.67. The second-order valence-corrected chi connectivity index (χ2v) is 4.90. The lowest BCUT2D eigenvalue weighted by Crippen LogP contribution is -2.29. The van der Waals surface area contributed by atoms with Gasteiger partial charge in [-0.1, -0.05) is 0 Å². The van der Waals surface area contributed by atoms with E-state index < -0.39 is 0 Å². The van der Waals surface area contributed by atoms with E-state index in [1.807, 2.05) is 18.4 Å². The molecule has 2 aromatic rings. The Balaban J connectivity index is 2.51. The largest absolute Gasteiger partial charge is 0.496 e. The predicted molar refractivity (Wildman–Crippen MR) is 71.2 cm³/mol. The normalized spacial score (nSPS) is 12.4. The van der Waals surface area contributed by atoms with Crippen molar-refractivity contribution in [3.05, 3.63) is 51.5 Å². The summed E-state index contributed by atoms with van der Waals surface area (Å²) in [7, 11) is 1.56. The van der Waals surface area contributed by atoms with Crippen LogP contribution >= 0.6 is 11.3 Å². The van der Waals surface area contributed by atoms with E-state index in [4.69, 9.17) is 10.6 Å². The highest BCUT2D eigenvalue weighted by Gasteiger charge is 2.20. The Labute approximate surface area is 109 Å². The number of halogens is 1. The van der Waals surface area contributed by atoms with E-state index in [1.165, 1.54) is 12.1 Å². The SMILES string of the molecule is COc1ccc(F)cc1C(NN)c1sccc1C. The molecule has 0 saturated carbocycles. The minimum Gasteiger partial charge on any atom is -0.496 e. The van der Waals surface area contributed by atoms with Crippen molar-refractivity contribution in [1.29, 1.82) is 0 Å². The van der Waals surface area contributed by atoms with Crippen LogP contribution in [0.5, 0.6) is 5.75 Å². The minimum atomic E-state index is -0.305. The Kier molecular flexibility index (Phi) is 3.96. The topological polar surface area (TPSA) is 47.3 Å². The highest BCUT2D eigenvalue weighted by molar-refractivity contribution is 7.10. The van der Waals surface area contributed by atoms with Crippen LogP contribution in [-0.2, 0) is 0 Å². The van der Waals surface area contributed by atoms with Gasteiger partial charge in [0, 0.05) is 10.4 Å². The van der Waals surface area contributed by atoms with E-state index in [0.717, 1.165) is 10.4 Å². The van der Waals surface area contributed by atoms with E-state index in [2.05, 4.69) is 5.43 Å². The molecule has 1 aromatic heterocycles. The van der Waals surface area contributed by atoms with Gasteiger partial charge in [0.1, 0.15) is 11.6 Å². The van der Waals surface area contributed by atoms with Gasteiger partial charge in [-0.2, -0.15) is 0 Å². The first-order valence-corrected chi connectivity index (χ1v) is 6.39. The van der Waals surface area contributed by atoms with Crippen LogP contribution in [0.2, 0.25) is 0 Å². The third-order valence-electron chi connectivity index (χ3n) is 2.83. The summed E-state index contributed by atoms with van der Waals surface area (Å²) in [6.07, 6.45) is 0. The lowest BCUT2D eigenvalue weighted by atomic mass is 10.0. The molecule has 0 aliphatic heterocycles. The third-order valence-corrected chi connectivity index (χ3v) is 3.92. The molecule has 1 aromatic carbocycles. The van der Waals surface area contributed by atoms with Crippen molar-refractivity contribution < 1.29 is 9.13 Å². The zero-order chi connectivity index (χ0) is 13.1. The summed E-state index contributed by atoms with van der Waals surface area (Å²) in [5.74, 6) is 5.93. The van der Waals surface area contributed by atoms with Crippen LogP contribution in [0.1, 0.15) is 22.0 Å². The summed E-state index contributed by atoms with van der Waals surface area (Å²) in [6.45, 7) is 2.00. The number of aryl methyl sites for hydroxylation is 1. The van der Waals surface area contributed by atoms with Crippen molar-refractivity contribution in [2.24, 2.45) is 5.84 Å². The first kappa shape index (κ1) is 13.0. The summed E-state index contributed by atoms with van der Waals surface area (Å²) < 4.78 is 18.7. The minimum absolute atomic E-state index is 0.268. The van der Waals surface area contributed by atoms with E-state index in [9.17, 15) is 4.39 Å². The van der Waals surface area contributed by atoms with Gasteiger partial charge in [-0.25, -0.2) is 9.82 Å². The molecular formula is C13H15FN2OS. The zero-order valence-electron chi connectivity index (χ0n) is 10.2. The van der Waals surface area contributed by atoms with Gasteiger partial charge in [-0.15, -0.1) is 11.3 Å². The molecule has 1 heterocycles. The van der Waals surface area contributed by atoms with Crippen LogP contribution < -0.4 is 16.0 Å². The monoisotopic (exact) mass is 266 g/mol. The maximum Gasteiger partial charge on any atom is 0.124 e. The maximum absolute atomic E-state index is 13.4. The van der Waals surface area contributed by atoms with Crippen LogP contribution in [0.4, 0.5) is 4.39 Å². The smallest absolute Gasteiger partial charge is 0.124 e. The number of rotatable bonds is 4. The number of hydrogen-bond donors (Lipinski definition) is 2. The number of nitrogens with two attached hydrogens (primary N) is 1. The first-order valence-electron chi connectivity index (χ1n) is 5.51. The molecule has 0 amide bonds. The molecule has 1 atom stereocenters. The maximum atomic E-state index is 13.4. The fourth-order valence-corrected chi connectivity index (χ4v) is 2.92. The number of ether oxygens (including phenoxy) is 1. The zero-order valence-corrected chi connectivity index (χ0v) is 11.1. The molecule has 0 spiro atoms. The number of hydrazine groups is 1. The number of methoxy groups -OCH3 is 1. The molecule has 3 N–H and O–H groups in total. The molecule has 5 heteroatoms. The molecule has 2 rings (SSSR count). The number of nitrogens with one attached hydrogen (secondary N) is 1. The molecule has 0 radical (unpaired) electrons. The van der Waals surface area contributed by atoms with E-state index >= 15 is 0 Å². The number of thiophene rings is 1.